The van der Waals surface area contributed by atoms with Gasteiger partial charge in [0.1, 0.15) is 11.9 Å². The van der Waals surface area contributed by atoms with Gasteiger partial charge in [-0.1, -0.05) is 0 Å². The molecule has 0 bridgehead atoms. The number of aliphatic hydroxyl groups excluding tert-OH is 1. The molecule has 0 unspecified atom stereocenters. The zero-order valence-corrected chi connectivity index (χ0v) is 10.9. The molecule has 1 rings (SSSR count). The maximum Gasteiger partial charge on any atom is 0.252 e. The number of rotatable bonds is 6. The van der Waals surface area contributed by atoms with Gasteiger partial charge < -0.3 is 5.11 Å². The van der Waals surface area contributed by atoms with Crippen LogP contribution in [0.25, 0.3) is 0 Å². The molecule has 0 fully saturated rings. The van der Waals surface area contributed by atoms with E-state index in [-0.39, 0.29) is 0 Å². The molecule has 0 atom stereocenters. The standard InChI is InChI=1S/C11H11F3N2O3S/c12-10-2-1-9(5-8(10)6-15)20(18,19)16(3-4-17)7-11(13)14/h1-2,5,11,17H,3-4,7H2. The van der Waals surface area contributed by atoms with E-state index in [1.54, 1.807) is 0 Å². The monoisotopic (exact) mass is 308 g/mol. The molecule has 0 heterocycles. The van der Waals surface area contributed by atoms with E-state index in [2.05, 4.69) is 0 Å². The third-order valence-corrected chi connectivity index (χ3v) is 4.25. The third-order valence-electron chi connectivity index (χ3n) is 2.39. The molecule has 0 aliphatic carbocycles. The normalized spacial score (nSPS) is 11.8. The van der Waals surface area contributed by atoms with Crippen molar-refractivity contribution < 1.29 is 26.7 Å². The van der Waals surface area contributed by atoms with Crippen molar-refractivity contribution in [2.75, 3.05) is 19.7 Å². The number of nitriles is 1. The highest BCUT2D eigenvalue weighted by molar-refractivity contribution is 7.89. The molecule has 20 heavy (non-hydrogen) atoms. The number of hydrogen-bond acceptors (Lipinski definition) is 4. The minimum Gasteiger partial charge on any atom is -0.395 e. The molecule has 0 saturated carbocycles. The van der Waals surface area contributed by atoms with Crippen LogP contribution in [0.5, 0.6) is 0 Å². The predicted molar refractivity (Wildman–Crippen MR) is 63.0 cm³/mol. The molecule has 0 aliphatic rings. The molecule has 0 aromatic heterocycles. The van der Waals surface area contributed by atoms with Gasteiger partial charge in [0.25, 0.3) is 6.43 Å². The van der Waals surface area contributed by atoms with Crippen LogP contribution in [0.15, 0.2) is 23.1 Å². The highest BCUT2D eigenvalue weighted by Gasteiger charge is 2.27. The molecule has 110 valence electrons. The third kappa shape index (κ3) is 3.69. The fourth-order valence-corrected chi connectivity index (χ4v) is 2.91. The van der Waals surface area contributed by atoms with E-state index in [0.29, 0.717) is 4.31 Å². The van der Waals surface area contributed by atoms with Gasteiger partial charge in [0.2, 0.25) is 10.0 Å². The van der Waals surface area contributed by atoms with E-state index in [1.165, 1.54) is 6.07 Å². The van der Waals surface area contributed by atoms with Crippen molar-refractivity contribution in [3.8, 4) is 6.07 Å². The summed E-state index contributed by atoms with van der Waals surface area (Å²) in [5.74, 6) is -0.908. The van der Waals surface area contributed by atoms with Gasteiger partial charge >= 0.3 is 0 Å². The Kier molecular flexibility index (Phi) is 5.50. The Balaban J connectivity index is 3.22. The summed E-state index contributed by atoms with van der Waals surface area (Å²) >= 11 is 0. The second kappa shape index (κ2) is 6.69. The fourth-order valence-electron chi connectivity index (χ4n) is 1.47. The Hall–Kier alpha value is -1.63. The predicted octanol–water partition coefficient (Wildman–Crippen LogP) is 0.945. The number of alkyl halides is 2. The average molecular weight is 308 g/mol. The minimum absolute atomic E-state index is 0.381. The largest absolute Gasteiger partial charge is 0.395 e. The number of benzene rings is 1. The summed E-state index contributed by atoms with van der Waals surface area (Å²) in [5.41, 5.74) is -0.507. The van der Waals surface area contributed by atoms with Gasteiger partial charge in [-0.3, -0.25) is 0 Å². The first-order valence-electron chi connectivity index (χ1n) is 5.41. The summed E-state index contributed by atoms with van der Waals surface area (Å²) in [6.45, 7) is -2.26. The van der Waals surface area contributed by atoms with Crippen LogP contribution < -0.4 is 0 Å². The van der Waals surface area contributed by atoms with Crippen molar-refractivity contribution in [1.29, 1.82) is 5.26 Å². The lowest BCUT2D eigenvalue weighted by molar-refractivity contribution is 0.113. The van der Waals surface area contributed by atoms with Gasteiger partial charge in [-0.2, -0.15) is 9.57 Å². The van der Waals surface area contributed by atoms with Crippen LogP contribution >= 0.6 is 0 Å². The van der Waals surface area contributed by atoms with Crippen LogP contribution in [-0.4, -0.2) is 44.0 Å². The fraction of sp³-hybridized carbons (Fsp3) is 0.364. The van der Waals surface area contributed by atoms with Crippen molar-refractivity contribution >= 4 is 10.0 Å². The van der Waals surface area contributed by atoms with Gasteiger partial charge in [0, 0.05) is 6.54 Å². The molecule has 0 spiro atoms. The number of hydrogen-bond donors (Lipinski definition) is 1. The Labute approximate surface area is 113 Å². The van der Waals surface area contributed by atoms with Crippen molar-refractivity contribution in [3.63, 3.8) is 0 Å². The molecular formula is C11H11F3N2O3S. The highest BCUT2D eigenvalue weighted by Crippen LogP contribution is 2.19. The summed E-state index contributed by atoms with van der Waals surface area (Å²) in [5, 5.41) is 17.4. The van der Waals surface area contributed by atoms with E-state index in [4.69, 9.17) is 10.4 Å². The van der Waals surface area contributed by atoms with E-state index in [0.717, 1.165) is 18.2 Å². The molecule has 0 amide bonds. The molecule has 1 aromatic carbocycles. The molecule has 0 radical (unpaired) electrons. The van der Waals surface area contributed by atoms with Crippen LogP contribution in [-0.2, 0) is 10.0 Å². The highest BCUT2D eigenvalue weighted by atomic mass is 32.2. The van der Waals surface area contributed by atoms with Gasteiger partial charge in [-0.05, 0) is 18.2 Å². The summed E-state index contributed by atoms with van der Waals surface area (Å²) in [6, 6.07) is 3.87. The summed E-state index contributed by atoms with van der Waals surface area (Å²) < 4.78 is 62.4. The zero-order valence-electron chi connectivity index (χ0n) is 10.1. The first kappa shape index (κ1) is 16.4. The second-order valence-corrected chi connectivity index (χ2v) is 5.67. The first-order valence-corrected chi connectivity index (χ1v) is 6.85. The van der Waals surface area contributed by atoms with Gasteiger partial charge in [-0.25, -0.2) is 21.6 Å². The summed E-state index contributed by atoms with van der Waals surface area (Å²) in [6.07, 6.45) is -2.92. The Morgan fingerprint density at radius 1 is 1.40 bits per heavy atom. The maximum absolute atomic E-state index is 13.1. The second-order valence-electron chi connectivity index (χ2n) is 3.73. The van der Waals surface area contributed by atoms with Crippen LogP contribution in [0, 0.1) is 17.1 Å². The zero-order chi connectivity index (χ0) is 15.3. The lowest BCUT2D eigenvalue weighted by atomic mass is 10.2. The lowest BCUT2D eigenvalue weighted by Gasteiger charge is -2.20. The van der Waals surface area contributed by atoms with Gasteiger partial charge in [0.05, 0.1) is 23.6 Å². The molecule has 1 N–H and O–H groups in total. The molecule has 5 nitrogen and oxygen atoms in total. The average Bonchev–Trinajstić information content (AvgIpc) is 2.38. The van der Waals surface area contributed by atoms with E-state index in [1.807, 2.05) is 0 Å². The van der Waals surface area contributed by atoms with Crippen molar-refractivity contribution in [3.05, 3.63) is 29.6 Å². The number of nitrogens with zero attached hydrogens (tertiary/aromatic N) is 2. The molecular weight excluding hydrogens is 297 g/mol. The first-order chi connectivity index (χ1) is 9.32. The Bertz CT molecular complexity index is 614. The maximum atomic E-state index is 13.1. The summed E-state index contributed by atoms with van der Waals surface area (Å²) in [7, 11) is -4.33. The van der Waals surface area contributed by atoms with E-state index < -0.39 is 52.4 Å². The van der Waals surface area contributed by atoms with Crippen LogP contribution in [0.2, 0.25) is 0 Å². The van der Waals surface area contributed by atoms with Crippen LogP contribution in [0.3, 0.4) is 0 Å². The SMILES string of the molecule is N#Cc1cc(S(=O)(=O)N(CCO)CC(F)F)ccc1F. The van der Waals surface area contributed by atoms with Crippen LogP contribution in [0.4, 0.5) is 13.2 Å². The molecule has 9 heteroatoms. The van der Waals surface area contributed by atoms with E-state index >= 15 is 0 Å². The molecule has 0 saturated heterocycles. The number of halogens is 3. The number of sulfonamides is 1. The van der Waals surface area contributed by atoms with Gasteiger partial charge in [-0.15, -0.1) is 0 Å². The quantitative estimate of drug-likeness (QED) is 0.848. The molecule has 0 aliphatic heterocycles. The Morgan fingerprint density at radius 2 is 2.05 bits per heavy atom. The van der Waals surface area contributed by atoms with Gasteiger partial charge in [0.15, 0.2) is 0 Å². The topological polar surface area (TPSA) is 81.4 Å². The number of aliphatic hydroxyl groups is 1. The Morgan fingerprint density at radius 3 is 2.55 bits per heavy atom. The lowest BCUT2D eigenvalue weighted by Crippen LogP contribution is -2.37. The van der Waals surface area contributed by atoms with Crippen molar-refractivity contribution in [1.82, 2.24) is 4.31 Å². The van der Waals surface area contributed by atoms with Crippen LogP contribution in [0.1, 0.15) is 5.56 Å². The molecule has 1 aromatic rings. The summed E-state index contributed by atoms with van der Waals surface area (Å²) in [4.78, 5) is -0.482. The smallest absolute Gasteiger partial charge is 0.252 e. The van der Waals surface area contributed by atoms with Crippen molar-refractivity contribution in [2.24, 2.45) is 0 Å². The van der Waals surface area contributed by atoms with Crippen molar-refractivity contribution in [2.45, 2.75) is 11.3 Å². The van der Waals surface area contributed by atoms with E-state index in [9.17, 15) is 21.6 Å². The minimum atomic E-state index is -4.33.